The monoisotopic (exact) mass is 524 g/mol. The molecule has 0 atom stereocenters. The molecule has 1 N–H and O–H groups in total. The summed E-state index contributed by atoms with van der Waals surface area (Å²) in [6, 6.07) is 18.2. The number of furan rings is 1. The van der Waals surface area contributed by atoms with Crippen molar-refractivity contribution in [2.45, 2.75) is 32.1 Å². The number of carbonyl (C=O) groups excluding carboxylic acids is 1. The maximum absolute atomic E-state index is 13.5. The van der Waals surface area contributed by atoms with Crippen LogP contribution < -0.4 is 10.2 Å². The molecular weight excluding hydrogens is 500 g/mol. The highest BCUT2D eigenvalue weighted by Crippen LogP contribution is 2.26. The summed E-state index contributed by atoms with van der Waals surface area (Å²) in [5, 5.41) is 3.07. The van der Waals surface area contributed by atoms with Crippen molar-refractivity contribution >= 4 is 38.7 Å². The van der Waals surface area contributed by atoms with Gasteiger partial charge in [0.1, 0.15) is 5.76 Å². The number of carbonyl (C=O) groups is 1. The number of rotatable bonds is 9. The molecule has 0 unspecified atom stereocenters. The summed E-state index contributed by atoms with van der Waals surface area (Å²) in [7, 11) is -3.75. The fourth-order valence-corrected chi connectivity index (χ4v) is 4.39. The molecule has 0 spiro atoms. The molecule has 0 saturated carbocycles. The second kappa shape index (κ2) is 10.9. The third-order valence-electron chi connectivity index (χ3n) is 5.57. The average Bonchev–Trinajstić information content (AvgIpc) is 3.39. The Labute approximate surface area is 214 Å². The van der Waals surface area contributed by atoms with Crippen molar-refractivity contribution in [1.82, 2.24) is 9.97 Å². The Morgan fingerprint density at radius 3 is 2.47 bits per heavy atom. The molecule has 0 saturated heterocycles. The van der Waals surface area contributed by atoms with Crippen LogP contribution in [0.5, 0.6) is 0 Å². The number of hydrogen-bond acceptors (Lipinski definition) is 7. The van der Waals surface area contributed by atoms with Crippen LogP contribution in [0.15, 0.2) is 82.7 Å². The number of nitrogens with one attached hydrogen (secondary N) is 1. The van der Waals surface area contributed by atoms with Crippen molar-refractivity contribution in [2.24, 2.45) is 0 Å². The molecule has 4 rings (SSSR count). The largest absolute Gasteiger partial charge is 0.467 e. The normalized spacial score (nSPS) is 11.3. The van der Waals surface area contributed by atoms with Crippen molar-refractivity contribution in [3.8, 4) is 0 Å². The fraction of sp³-hybridized carbons (Fsp3) is 0.192. The Hall–Kier alpha value is -3.69. The predicted molar refractivity (Wildman–Crippen MR) is 139 cm³/mol. The van der Waals surface area contributed by atoms with Crippen molar-refractivity contribution < 1.29 is 17.6 Å². The van der Waals surface area contributed by atoms with Gasteiger partial charge < -0.3 is 14.6 Å². The number of para-hydroxylation sites is 1. The predicted octanol–water partition coefficient (Wildman–Crippen LogP) is 5.28. The topological polar surface area (TPSA) is 105 Å². The molecule has 2 heterocycles. The Morgan fingerprint density at radius 2 is 1.81 bits per heavy atom. The summed E-state index contributed by atoms with van der Waals surface area (Å²) in [6.07, 6.45) is 2.94. The molecule has 186 valence electrons. The van der Waals surface area contributed by atoms with E-state index >= 15 is 0 Å². The van der Waals surface area contributed by atoms with Crippen LogP contribution in [0.4, 0.5) is 11.4 Å². The Balaban J connectivity index is 1.80. The third kappa shape index (κ3) is 5.92. The number of aromatic nitrogens is 2. The van der Waals surface area contributed by atoms with E-state index in [1.54, 1.807) is 36.6 Å². The van der Waals surface area contributed by atoms with Crippen LogP contribution in [-0.4, -0.2) is 30.0 Å². The highest BCUT2D eigenvalue weighted by Gasteiger charge is 2.25. The number of anilines is 2. The number of aryl methyl sites for hydroxylation is 1. The number of hydrogen-bond donors (Lipinski definition) is 1. The quantitative estimate of drug-likeness (QED) is 0.297. The molecule has 4 aromatic rings. The van der Waals surface area contributed by atoms with E-state index in [0.717, 1.165) is 11.1 Å². The SMILES string of the molecule is CCS(=O)(=O)c1ncc(N(Cc2ccc(Cl)cc2)Cc2ccco2)c(C(=O)Nc2ccccc2C)n1. The zero-order chi connectivity index (χ0) is 25.7. The lowest BCUT2D eigenvalue weighted by molar-refractivity contribution is 0.102. The molecule has 0 aliphatic heterocycles. The lowest BCUT2D eigenvalue weighted by atomic mass is 10.1. The first-order chi connectivity index (χ1) is 17.3. The van der Waals surface area contributed by atoms with E-state index in [0.29, 0.717) is 35.2 Å². The first-order valence-corrected chi connectivity index (χ1v) is 13.3. The molecule has 0 fully saturated rings. The molecule has 2 aromatic carbocycles. The van der Waals surface area contributed by atoms with Gasteiger partial charge in [-0.25, -0.2) is 18.4 Å². The van der Waals surface area contributed by atoms with Crippen LogP contribution in [0.25, 0.3) is 0 Å². The summed E-state index contributed by atoms with van der Waals surface area (Å²) in [5.74, 6) is -0.0826. The van der Waals surface area contributed by atoms with Gasteiger partial charge in [0.2, 0.25) is 15.0 Å². The lowest BCUT2D eigenvalue weighted by Gasteiger charge is -2.25. The van der Waals surface area contributed by atoms with Crippen molar-refractivity contribution in [3.05, 3.63) is 101 Å². The van der Waals surface area contributed by atoms with Gasteiger partial charge >= 0.3 is 0 Å². The van der Waals surface area contributed by atoms with Crippen LogP contribution in [-0.2, 0) is 22.9 Å². The van der Waals surface area contributed by atoms with Gasteiger partial charge in [0.05, 0.1) is 30.4 Å². The van der Waals surface area contributed by atoms with E-state index in [9.17, 15) is 13.2 Å². The summed E-state index contributed by atoms with van der Waals surface area (Å²) in [6.45, 7) is 4.03. The van der Waals surface area contributed by atoms with Gasteiger partial charge in [-0.15, -0.1) is 0 Å². The van der Waals surface area contributed by atoms with Gasteiger partial charge in [-0.3, -0.25) is 4.79 Å². The molecule has 8 nitrogen and oxygen atoms in total. The van der Waals surface area contributed by atoms with Gasteiger partial charge in [-0.05, 0) is 48.4 Å². The van der Waals surface area contributed by atoms with E-state index in [2.05, 4.69) is 15.3 Å². The minimum Gasteiger partial charge on any atom is -0.467 e. The maximum Gasteiger partial charge on any atom is 0.276 e. The van der Waals surface area contributed by atoms with Gasteiger partial charge in [-0.1, -0.05) is 48.9 Å². The average molecular weight is 525 g/mol. The summed E-state index contributed by atoms with van der Waals surface area (Å²) < 4.78 is 30.7. The molecule has 1 amide bonds. The Morgan fingerprint density at radius 1 is 1.06 bits per heavy atom. The Bertz CT molecular complexity index is 1460. The van der Waals surface area contributed by atoms with Crippen LogP contribution in [0, 0.1) is 6.92 Å². The number of amides is 1. The highest BCUT2D eigenvalue weighted by molar-refractivity contribution is 7.91. The molecule has 0 aliphatic carbocycles. The van der Waals surface area contributed by atoms with Crippen LogP contribution in [0.2, 0.25) is 5.02 Å². The smallest absolute Gasteiger partial charge is 0.276 e. The summed E-state index contributed by atoms with van der Waals surface area (Å²) >= 11 is 6.05. The van der Waals surface area contributed by atoms with Gasteiger partial charge in [0, 0.05) is 17.3 Å². The van der Waals surface area contributed by atoms with E-state index in [1.165, 1.54) is 13.1 Å². The maximum atomic E-state index is 13.5. The minimum absolute atomic E-state index is 0.0548. The van der Waals surface area contributed by atoms with Crippen molar-refractivity contribution in [1.29, 1.82) is 0 Å². The zero-order valence-electron chi connectivity index (χ0n) is 19.8. The van der Waals surface area contributed by atoms with Gasteiger partial charge in [0.25, 0.3) is 5.91 Å². The van der Waals surface area contributed by atoms with Crippen molar-refractivity contribution in [3.63, 3.8) is 0 Å². The van der Waals surface area contributed by atoms with Crippen LogP contribution in [0.1, 0.15) is 34.3 Å². The number of sulfone groups is 1. The number of nitrogens with zero attached hydrogens (tertiary/aromatic N) is 3. The van der Waals surface area contributed by atoms with E-state index in [4.69, 9.17) is 16.0 Å². The minimum atomic E-state index is -3.75. The molecule has 0 bridgehead atoms. The first-order valence-electron chi connectivity index (χ1n) is 11.3. The van der Waals surface area contributed by atoms with E-state index in [-0.39, 0.29) is 11.4 Å². The molecule has 0 aliphatic rings. The number of benzene rings is 2. The lowest BCUT2D eigenvalue weighted by Crippen LogP contribution is -2.27. The van der Waals surface area contributed by atoms with Gasteiger partial charge in [0.15, 0.2) is 5.69 Å². The highest BCUT2D eigenvalue weighted by atomic mass is 35.5. The van der Waals surface area contributed by atoms with Crippen molar-refractivity contribution in [2.75, 3.05) is 16.0 Å². The van der Waals surface area contributed by atoms with Crippen LogP contribution >= 0.6 is 11.6 Å². The van der Waals surface area contributed by atoms with E-state index < -0.39 is 20.9 Å². The zero-order valence-corrected chi connectivity index (χ0v) is 21.4. The molecule has 10 heteroatoms. The van der Waals surface area contributed by atoms with E-state index in [1.807, 2.05) is 42.2 Å². The summed E-state index contributed by atoms with van der Waals surface area (Å²) in [5.41, 5.74) is 2.68. The molecule has 36 heavy (non-hydrogen) atoms. The second-order valence-electron chi connectivity index (χ2n) is 8.12. The molecule has 2 aromatic heterocycles. The molecule has 0 radical (unpaired) electrons. The second-order valence-corrected chi connectivity index (χ2v) is 10.7. The summed E-state index contributed by atoms with van der Waals surface area (Å²) in [4.78, 5) is 23.7. The number of halogens is 1. The first kappa shape index (κ1) is 25.4. The Kier molecular flexibility index (Phi) is 7.71. The molecular formula is C26H25ClN4O4S. The van der Waals surface area contributed by atoms with Crippen LogP contribution in [0.3, 0.4) is 0 Å². The fourth-order valence-electron chi connectivity index (χ4n) is 3.56. The standard InChI is InChI=1S/C26H25ClN4O4S/c1-3-36(33,34)26-28-15-23(24(30-26)25(32)29-22-9-5-4-7-18(22)2)31(17-21-8-6-14-35-21)16-19-10-12-20(27)13-11-19/h4-15H,3,16-17H2,1-2H3,(H,29,32). The van der Waals surface area contributed by atoms with Gasteiger partial charge in [-0.2, -0.15) is 0 Å². The third-order valence-corrected chi connectivity index (χ3v) is 7.33.